The molecule has 6 aliphatic rings. The van der Waals surface area contributed by atoms with Crippen molar-refractivity contribution in [2.24, 2.45) is 0 Å². The van der Waals surface area contributed by atoms with Gasteiger partial charge >= 0.3 is 0 Å². The van der Waals surface area contributed by atoms with E-state index in [0.29, 0.717) is 0 Å². The Kier molecular flexibility index (Phi) is 7.50. The number of aryl methyl sites for hydroxylation is 1. The summed E-state index contributed by atoms with van der Waals surface area (Å²) < 4.78 is 0. The van der Waals surface area contributed by atoms with Crippen molar-refractivity contribution in [3.63, 3.8) is 0 Å². The van der Waals surface area contributed by atoms with Gasteiger partial charge in [-0.2, -0.15) is 0 Å². The van der Waals surface area contributed by atoms with Gasteiger partial charge in [-0.1, -0.05) is 162 Å². The van der Waals surface area contributed by atoms with E-state index < -0.39 is 0 Å². The van der Waals surface area contributed by atoms with Gasteiger partial charge in [-0.25, -0.2) is 0 Å². The van der Waals surface area contributed by atoms with Crippen molar-refractivity contribution in [2.75, 3.05) is 14.7 Å². The maximum absolute atomic E-state index is 2.87. The molecule has 4 heterocycles. The molecular formula is C59H56BN3. The lowest BCUT2D eigenvalue weighted by molar-refractivity contribution is 0.215. The summed E-state index contributed by atoms with van der Waals surface area (Å²) in [6, 6.07) is 61.6. The lowest BCUT2D eigenvalue weighted by atomic mass is 9.33. The van der Waals surface area contributed by atoms with Crippen molar-refractivity contribution in [1.29, 1.82) is 0 Å². The Bertz CT molecular complexity index is 3040. The summed E-state index contributed by atoms with van der Waals surface area (Å²) in [5, 5.41) is 0. The minimum Gasteiger partial charge on any atom is -0.334 e. The minimum atomic E-state index is -0.306. The van der Waals surface area contributed by atoms with Crippen LogP contribution in [0.5, 0.6) is 0 Å². The third-order valence-corrected chi connectivity index (χ3v) is 17.5. The number of fused-ring (bicyclic) bond motifs is 12. The zero-order valence-electron chi connectivity index (χ0n) is 37.7. The molecule has 0 N–H and O–H groups in total. The van der Waals surface area contributed by atoms with Gasteiger partial charge in [-0.3, -0.25) is 0 Å². The SMILES string of the molecule is CC(C)(C)c1ccc2c(c1)C1(c3ccccc3)CCCCC1(C)N2c1cc2c3c(c1)N1c4c(cccc4C4(C)CCc5ccccc5C14C)B3c1ccccc1N2c1ccccc1. The third-order valence-electron chi connectivity index (χ3n) is 17.5. The molecule has 310 valence electrons. The molecule has 0 spiro atoms. The molecule has 7 aromatic rings. The number of rotatable bonds is 3. The number of hydrogen-bond donors (Lipinski definition) is 0. The molecule has 4 unspecified atom stereocenters. The van der Waals surface area contributed by atoms with E-state index in [1.54, 1.807) is 0 Å². The van der Waals surface area contributed by atoms with Crippen LogP contribution >= 0.6 is 0 Å². The van der Waals surface area contributed by atoms with E-state index in [-0.39, 0.29) is 34.0 Å². The predicted octanol–water partition coefficient (Wildman–Crippen LogP) is 12.6. The maximum Gasteiger partial charge on any atom is 0.252 e. The second kappa shape index (κ2) is 12.6. The molecule has 1 saturated carbocycles. The average molecular weight is 818 g/mol. The molecule has 4 aliphatic heterocycles. The lowest BCUT2D eigenvalue weighted by Crippen LogP contribution is -2.64. The summed E-state index contributed by atoms with van der Waals surface area (Å²) in [7, 11) is 0. The molecule has 3 nitrogen and oxygen atoms in total. The first-order chi connectivity index (χ1) is 30.5. The highest BCUT2D eigenvalue weighted by atomic mass is 15.3. The van der Waals surface area contributed by atoms with Gasteiger partial charge in [0.2, 0.25) is 0 Å². The number of benzene rings is 7. The van der Waals surface area contributed by atoms with Crippen molar-refractivity contribution in [3.8, 4) is 0 Å². The smallest absolute Gasteiger partial charge is 0.252 e. The summed E-state index contributed by atoms with van der Waals surface area (Å²) in [5.74, 6) is 0. The van der Waals surface area contributed by atoms with Gasteiger partial charge in [0.15, 0.2) is 0 Å². The van der Waals surface area contributed by atoms with E-state index in [2.05, 4.69) is 214 Å². The van der Waals surface area contributed by atoms with Crippen molar-refractivity contribution in [1.82, 2.24) is 0 Å². The Hall–Kier alpha value is -6.00. The van der Waals surface area contributed by atoms with Gasteiger partial charge < -0.3 is 14.7 Å². The monoisotopic (exact) mass is 817 g/mol. The van der Waals surface area contributed by atoms with E-state index in [0.717, 1.165) is 25.7 Å². The molecule has 63 heavy (non-hydrogen) atoms. The van der Waals surface area contributed by atoms with Crippen LogP contribution in [0.15, 0.2) is 158 Å². The number of nitrogens with zero attached hydrogens (tertiary/aromatic N) is 3. The van der Waals surface area contributed by atoms with Crippen LogP contribution < -0.4 is 31.1 Å². The summed E-state index contributed by atoms with van der Waals surface area (Å²) >= 11 is 0. The predicted molar refractivity (Wildman–Crippen MR) is 265 cm³/mol. The molecule has 4 atom stereocenters. The highest BCUT2D eigenvalue weighted by molar-refractivity contribution is 7.00. The molecule has 4 heteroatoms. The maximum atomic E-state index is 2.87. The molecular weight excluding hydrogens is 761 g/mol. The van der Waals surface area contributed by atoms with Gasteiger partial charge in [0, 0.05) is 50.6 Å². The zero-order chi connectivity index (χ0) is 42.7. The van der Waals surface area contributed by atoms with Gasteiger partial charge in [0.1, 0.15) is 0 Å². The molecule has 0 radical (unpaired) electrons. The van der Waals surface area contributed by atoms with Crippen molar-refractivity contribution in [2.45, 2.75) is 107 Å². The number of hydrogen-bond acceptors (Lipinski definition) is 3. The average Bonchev–Trinajstić information content (AvgIpc) is 3.68. The molecule has 7 aromatic carbocycles. The fourth-order valence-corrected chi connectivity index (χ4v) is 14.4. The molecule has 0 amide bonds. The Labute approximate surface area is 374 Å². The van der Waals surface area contributed by atoms with Crippen LogP contribution in [-0.2, 0) is 28.2 Å². The van der Waals surface area contributed by atoms with Crippen LogP contribution in [0.3, 0.4) is 0 Å². The Morgan fingerprint density at radius 2 is 1.21 bits per heavy atom. The van der Waals surface area contributed by atoms with Crippen LogP contribution in [0, 0.1) is 0 Å². The molecule has 0 bridgehead atoms. The molecule has 2 aliphatic carbocycles. The van der Waals surface area contributed by atoms with Crippen molar-refractivity contribution in [3.05, 3.63) is 191 Å². The first-order valence-electron chi connectivity index (χ1n) is 23.7. The zero-order valence-corrected chi connectivity index (χ0v) is 37.7. The van der Waals surface area contributed by atoms with Crippen LogP contribution in [0.4, 0.5) is 39.8 Å². The van der Waals surface area contributed by atoms with Crippen molar-refractivity contribution >= 4 is 62.9 Å². The quantitative estimate of drug-likeness (QED) is 0.164. The van der Waals surface area contributed by atoms with E-state index in [1.165, 1.54) is 102 Å². The highest BCUT2D eigenvalue weighted by Crippen LogP contribution is 2.67. The normalized spacial score (nSPS) is 25.7. The van der Waals surface area contributed by atoms with Crippen LogP contribution in [0.25, 0.3) is 0 Å². The van der Waals surface area contributed by atoms with Crippen LogP contribution in [-0.4, -0.2) is 12.3 Å². The first kappa shape index (κ1) is 37.5. The van der Waals surface area contributed by atoms with Gasteiger partial charge in [0.25, 0.3) is 6.71 Å². The second-order valence-corrected chi connectivity index (χ2v) is 21.3. The topological polar surface area (TPSA) is 9.72 Å². The highest BCUT2D eigenvalue weighted by Gasteiger charge is 2.65. The first-order valence-corrected chi connectivity index (χ1v) is 23.7. The largest absolute Gasteiger partial charge is 0.334 e. The number of para-hydroxylation sites is 3. The Morgan fingerprint density at radius 3 is 2.02 bits per heavy atom. The van der Waals surface area contributed by atoms with Crippen molar-refractivity contribution < 1.29 is 0 Å². The van der Waals surface area contributed by atoms with E-state index >= 15 is 0 Å². The molecule has 0 aromatic heterocycles. The fraction of sp³-hybridized carbons (Fsp3) is 0.288. The van der Waals surface area contributed by atoms with Gasteiger partial charge in [-0.05, 0) is 131 Å². The summed E-state index contributed by atoms with van der Waals surface area (Å²) in [4.78, 5) is 8.33. The standard InChI is InChI=1S/C59H56BN3/c1-55(2,3)41-30-31-49-46(36-41)59(40-21-9-7-10-22-40)34-18-17-33-57(59,5)62(49)43-37-51-53-52(38-43)63-54-45(56(4)35-32-39-20-13-14-25-44(39)58(56,63)6)26-19-28-48(54)60(53)47-27-15-16-29-50(47)61(51)42-23-11-8-12-24-42/h7-16,19-31,36-38H,17-18,32-35H2,1-6H3. The molecule has 1 fully saturated rings. The molecule has 13 rings (SSSR count). The summed E-state index contributed by atoms with van der Waals surface area (Å²) in [6.45, 7) is 15.0. The van der Waals surface area contributed by atoms with E-state index in [1.807, 2.05) is 0 Å². The lowest BCUT2D eigenvalue weighted by Gasteiger charge is -2.54. The summed E-state index contributed by atoms with van der Waals surface area (Å²) in [5.41, 5.74) is 21.5. The minimum absolute atomic E-state index is 0.0270. The summed E-state index contributed by atoms with van der Waals surface area (Å²) in [6.07, 6.45) is 6.87. The Morgan fingerprint density at radius 1 is 0.524 bits per heavy atom. The van der Waals surface area contributed by atoms with Crippen LogP contribution in [0.1, 0.15) is 107 Å². The fourth-order valence-electron chi connectivity index (χ4n) is 14.4. The van der Waals surface area contributed by atoms with Crippen LogP contribution in [0.2, 0.25) is 0 Å². The number of anilines is 7. The van der Waals surface area contributed by atoms with E-state index in [9.17, 15) is 0 Å². The third kappa shape index (κ3) is 4.52. The van der Waals surface area contributed by atoms with Gasteiger partial charge in [-0.15, -0.1) is 0 Å². The Balaban J connectivity index is 1.16. The van der Waals surface area contributed by atoms with Gasteiger partial charge in [0.05, 0.1) is 11.1 Å². The molecule has 0 saturated heterocycles. The second-order valence-electron chi connectivity index (χ2n) is 21.3. The van der Waals surface area contributed by atoms with E-state index in [4.69, 9.17) is 0 Å².